The van der Waals surface area contributed by atoms with E-state index < -0.39 is 0 Å². The van der Waals surface area contributed by atoms with Crippen LogP contribution in [-0.4, -0.2) is 36.7 Å². The molecular weight excluding hydrogens is 486 g/mol. The molecule has 1 unspecified atom stereocenters. The Bertz CT molecular complexity index is 1700. The van der Waals surface area contributed by atoms with Crippen molar-refractivity contribution in [1.29, 1.82) is 0 Å². The Hall–Kier alpha value is -4.31. The van der Waals surface area contributed by atoms with Crippen molar-refractivity contribution < 1.29 is 19.1 Å². The molecule has 196 valence electrons. The Kier molecular flexibility index (Phi) is 8.12. The van der Waals surface area contributed by atoms with Gasteiger partial charge in [-0.1, -0.05) is 74.0 Å². The molecule has 1 atom stereocenters. The maximum atomic E-state index is 11.7. The standard InChI is InChI=1S/C23H22O2.C11H9NO2/c1-2-3-14-25-23-13-12-20-19-9-8-16-6-4-5-7-17(16)18(19)10-11-21(20)22(23)15-24;1-14-11(13)9-4-2-3-8-5-6-12-7-10(8)9/h4-11,23H,2-3,12-14H2,1H3;2-7H,1H3. The van der Waals surface area contributed by atoms with Gasteiger partial charge in [-0.3, -0.25) is 4.98 Å². The number of unbranched alkanes of at least 4 members (excludes halogenated alkanes) is 1. The molecule has 5 heteroatoms. The van der Waals surface area contributed by atoms with Crippen LogP contribution < -0.4 is 0 Å². The average Bonchev–Trinajstić information content (AvgIpc) is 3.00. The molecular formula is C34H31NO4. The number of hydrogen-bond acceptors (Lipinski definition) is 5. The number of methoxy groups -OCH3 is 1. The summed E-state index contributed by atoms with van der Waals surface area (Å²) in [6.45, 7) is 2.85. The largest absolute Gasteiger partial charge is 0.465 e. The van der Waals surface area contributed by atoms with Crippen LogP contribution in [0.25, 0.3) is 37.9 Å². The zero-order valence-electron chi connectivity index (χ0n) is 22.3. The number of aromatic nitrogens is 1. The van der Waals surface area contributed by atoms with Crippen LogP contribution in [-0.2, 0) is 20.7 Å². The van der Waals surface area contributed by atoms with Gasteiger partial charge in [0.15, 0.2) is 0 Å². The lowest BCUT2D eigenvalue weighted by Crippen LogP contribution is -2.22. The summed E-state index contributed by atoms with van der Waals surface area (Å²) in [7, 11) is 1.37. The quantitative estimate of drug-likeness (QED) is 0.105. The summed E-state index contributed by atoms with van der Waals surface area (Å²) in [5, 5.41) is 6.83. The number of pyridine rings is 1. The van der Waals surface area contributed by atoms with Gasteiger partial charge in [0, 0.05) is 24.4 Å². The molecule has 1 aliphatic rings. The summed E-state index contributed by atoms with van der Waals surface area (Å²) in [6, 6.07) is 24.4. The Balaban J connectivity index is 0.000000186. The van der Waals surface area contributed by atoms with Gasteiger partial charge in [0.25, 0.3) is 0 Å². The first kappa shape index (κ1) is 26.3. The van der Waals surface area contributed by atoms with Crippen LogP contribution in [0.3, 0.4) is 0 Å². The molecule has 5 nitrogen and oxygen atoms in total. The second-order valence-electron chi connectivity index (χ2n) is 9.63. The number of carbonyl (C=O) groups excluding carboxylic acids is 2. The molecule has 39 heavy (non-hydrogen) atoms. The van der Waals surface area contributed by atoms with E-state index in [4.69, 9.17) is 4.74 Å². The van der Waals surface area contributed by atoms with Crippen LogP contribution in [0.4, 0.5) is 0 Å². The SMILES string of the molecule is CCCCOC1CCc2c(ccc3c2ccc2ccccc23)C1=C=O.COC(=O)c1cccc2ccncc12. The first-order chi connectivity index (χ1) is 19.2. The maximum absolute atomic E-state index is 11.7. The Morgan fingerprint density at radius 2 is 1.72 bits per heavy atom. The third kappa shape index (κ3) is 5.33. The van der Waals surface area contributed by atoms with Crippen molar-refractivity contribution in [3.63, 3.8) is 0 Å². The van der Waals surface area contributed by atoms with E-state index in [2.05, 4.69) is 71.1 Å². The molecule has 0 amide bonds. The van der Waals surface area contributed by atoms with Gasteiger partial charge in [0.1, 0.15) is 5.94 Å². The molecule has 0 N–H and O–H groups in total. The molecule has 0 bridgehead atoms. The number of aryl methyl sites for hydroxylation is 1. The van der Waals surface area contributed by atoms with Gasteiger partial charge >= 0.3 is 5.97 Å². The zero-order chi connectivity index (χ0) is 27.2. The number of esters is 1. The summed E-state index contributed by atoms with van der Waals surface area (Å²) in [6.07, 6.45) is 7.17. The van der Waals surface area contributed by atoms with E-state index in [9.17, 15) is 9.59 Å². The van der Waals surface area contributed by atoms with Crippen LogP contribution in [0, 0.1) is 0 Å². The minimum atomic E-state index is -0.330. The Morgan fingerprint density at radius 3 is 2.54 bits per heavy atom. The highest BCUT2D eigenvalue weighted by Crippen LogP contribution is 2.38. The second-order valence-corrected chi connectivity index (χ2v) is 9.63. The molecule has 0 fully saturated rings. The minimum Gasteiger partial charge on any atom is -0.465 e. The number of nitrogens with zero attached hydrogens (tertiary/aromatic N) is 1. The van der Waals surface area contributed by atoms with E-state index >= 15 is 0 Å². The van der Waals surface area contributed by atoms with Crippen molar-refractivity contribution in [2.45, 2.75) is 38.7 Å². The molecule has 0 saturated heterocycles. The van der Waals surface area contributed by atoms with Gasteiger partial charge < -0.3 is 9.47 Å². The lowest BCUT2D eigenvalue weighted by atomic mass is 9.82. The Labute approximate surface area is 228 Å². The van der Waals surface area contributed by atoms with Crippen LogP contribution in [0.2, 0.25) is 0 Å². The molecule has 0 spiro atoms. The third-order valence-corrected chi connectivity index (χ3v) is 7.32. The van der Waals surface area contributed by atoms with E-state index in [0.717, 1.165) is 42.0 Å². The van der Waals surface area contributed by atoms with E-state index in [0.29, 0.717) is 17.7 Å². The van der Waals surface area contributed by atoms with Gasteiger partial charge in [-0.15, -0.1) is 0 Å². The van der Waals surface area contributed by atoms with Crippen molar-refractivity contribution in [2.24, 2.45) is 0 Å². The molecule has 4 aromatic carbocycles. The molecule has 0 radical (unpaired) electrons. The van der Waals surface area contributed by atoms with E-state index in [1.807, 2.05) is 18.2 Å². The molecule has 0 saturated carbocycles. The fourth-order valence-corrected chi connectivity index (χ4v) is 5.32. The number of carbonyl (C=O) groups is 1. The highest BCUT2D eigenvalue weighted by Gasteiger charge is 2.27. The van der Waals surface area contributed by atoms with Crippen molar-refractivity contribution in [3.05, 3.63) is 102 Å². The van der Waals surface area contributed by atoms with Gasteiger partial charge in [-0.2, -0.15) is 0 Å². The van der Waals surface area contributed by atoms with Crippen LogP contribution in [0.15, 0.2) is 85.2 Å². The van der Waals surface area contributed by atoms with Crippen LogP contribution in [0.5, 0.6) is 0 Å². The summed E-state index contributed by atoms with van der Waals surface area (Å²) in [5.41, 5.74) is 3.52. The monoisotopic (exact) mass is 517 g/mol. The van der Waals surface area contributed by atoms with Crippen molar-refractivity contribution in [2.75, 3.05) is 13.7 Å². The molecule has 1 aliphatic carbocycles. The predicted octanol–water partition coefficient (Wildman–Crippen LogP) is 7.36. The van der Waals surface area contributed by atoms with Gasteiger partial charge in [0.05, 0.1) is 24.4 Å². The van der Waals surface area contributed by atoms with Crippen molar-refractivity contribution >= 4 is 49.8 Å². The van der Waals surface area contributed by atoms with Gasteiger partial charge in [-0.25, -0.2) is 9.59 Å². The zero-order valence-corrected chi connectivity index (χ0v) is 22.3. The summed E-state index contributed by atoms with van der Waals surface area (Å²) >= 11 is 0. The number of hydrogen-bond donors (Lipinski definition) is 0. The predicted molar refractivity (Wildman–Crippen MR) is 157 cm³/mol. The molecule has 5 aromatic rings. The summed E-state index contributed by atoms with van der Waals surface area (Å²) in [5.74, 6) is 1.85. The van der Waals surface area contributed by atoms with Crippen LogP contribution in [0.1, 0.15) is 47.7 Å². The fraction of sp³-hybridized carbons (Fsp3) is 0.235. The number of fused-ring (bicyclic) bond motifs is 6. The Morgan fingerprint density at radius 1 is 0.923 bits per heavy atom. The molecule has 1 heterocycles. The van der Waals surface area contributed by atoms with Crippen molar-refractivity contribution in [3.8, 4) is 0 Å². The van der Waals surface area contributed by atoms with E-state index in [-0.39, 0.29) is 12.1 Å². The van der Waals surface area contributed by atoms with Crippen molar-refractivity contribution in [1.82, 2.24) is 4.98 Å². The molecule has 0 aliphatic heterocycles. The second kappa shape index (κ2) is 12.0. The maximum Gasteiger partial charge on any atom is 0.338 e. The first-order valence-corrected chi connectivity index (χ1v) is 13.4. The highest BCUT2D eigenvalue weighted by atomic mass is 16.5. The normalized spacial score (nSPS) is 14.4. The van der Waals surface area contributed by atoms with Crippen LogP contribution >= 0.6 is 0 Å². The molecule has 6 rings (SSSR count). The number of ether oxygens (including phenoxy) is 2. The van der Waals surface area contributed by atoms with Gasteiger partial charge in [-0.05, 0) is 69.5 Å². The number of benzene rings is 4. The minimum absolute atomic E-state index is 0.116. The number of rotatable bonds is 5. The summed E-state index contributed by atoms with van der Waals surface area (Å²) in [4.78, 5) is 27.0. The molecule has 1 aromatic heterocycles. The topological polar surface area (TPSA) is 65.5 Å². The smallest absolute Gasteiger partial charge is 0.338 e. The van der Waals surface area contributed by atoms with E-state index in [1.165, 1.54) is 34.2 Å². The lowest BCUT2D eigenvalue weighted by molar-refractivity contribution is 0.0603. The van der Waals surface area contributed by atoms with E-state index in [1.54, 1.807) is 18.5 Å². The van der Waals surface area contributed by atoms with Gasteiger partial charge in [0.2, 0.25) is 0 Å². The lowest BCUT2D eigenvalue weighted by Gasteiger charge is -2.27. The third-order valence-electron chi connectivity index (χ3n) is 7.32. The average molecular weight is 518 g/mol. The summed E-state index contributed by atoms with van der Waals surface area (Å²) < 4.78 is 10.6. The highest BCUT2D eigenvalue weighted by molar-refractivity contribution is 6.10. The first-order valence-electron chi connectivity index (χ1n) is 13.4. The fourth-order valence-electron chi connectivity index (χ4n) is 5.32.